The number of carbonyl (C=O) groups excluding carboxylic acids is 1. The standard InChI is InChI=1S/C22H36O4S/c1-2-3-12-22(13-6-14-22)20(24)11-9-17-8-10-19(23)18(17)7-4-5-15-27-16-21(25)26/h9,11,17-18,20,24H,2-8,10,12-16H2,1H3,(H,25,26)/b11-9+/t17?,18-,20-/m1/s1. The molecule has 0 spiro atoms. The number of aliphatic hydroxyl groups is 1. The molecule has 4 nitrogen and oxygen atoms in total. The number of thioether (sulfide) groups is 1. The molecular weight excluding hydrogens is 360 g/mol. The minimum absolute atomic E-state index is 0.0888. The lowest BCUT2D eigenvalue weighted by atomic mass is 9.62. The molecule has 2 aliphatic rings. The molecule has 154 valence electrons. The van der Waals surface area contributed by atoms with Gasteiger partial charge in [-0.2, -0.15) is 11.8 Å². The van der Waals surface area contributed by atoms with Crippen LogP contribution in [0.15, 0.2) is 12.2 Å². The molecule has 0 amide bonds. The molecule has 0 radical (unpaired) electrons. The van der Waals surface area contributed by atoms with E-state index >= 15 is 0 Å². The monoisotopic (exact) mass is 396 g/mol. The van der Waals surface area contributed by atoms with Crippen molar-refractivity contribution in [3.63, 3.8) is 0 Å². The first kappa shape index (κ1) is 22.5. The van der Waals surface area contributed by atoms with Gasteiger partial charge in [0.25, 0.3) is 0 Å². The predicted octanol–water partition coefficient (Wildman–Crippen LogP) is 4.85. The van der Waals surface area contributed by atoms with Crippen LogP contribution in [0.5, 0.6) is 0 Å². The number of aliphatic hydroxyl groups excluding tert-OH is 1. The van der Waals surface area contributed by atoms with Crippen molar-refractivity contribution in [2.24, 2.45) is 17.3 Å². The van der Waals surface area contributed by atoms with E-state index in [2.05, 4.69) is 13.0 Å². The summed E-state index contributed by atoms with van der Waals surface area (Å²) in [4.78, 5) is 22.8. The summed E-state index contributed by atoms with van der Waals surface area (Å²) < 4.78 is 0. The van der Waals surface area contributed by atoms with Gasteiger partial charge in [0.1, 0.15) is 5.78 Å². The second-order valence-electron chi connectivity index (χ2n) is 8.37. The summed E-state index contributed by atoms with van der Waals surface area (Å²) in [5, 5.41) is 19.4. The van der Waals surface area contributed by atoms with Gasteiger partial charge in [-0.3, -0.25) is 9.59 Å². The molecule has 0 aliphatic heterocycles. The van der Waals surface area contributed by atoms with Gasteiger partial charge in [0.05, 0.1) is 11.9 Å². The van der Waals surface area contributed by atoms with E-state index < -0.39 is 5.97 Å². The minimum atomic E-state index is -0.766. The number of carboxylic acid groups (broad SMARTS) is 1. The molecule has 2 fully saturated rings. The molecule has 0 aromatic carbocycles. The van der Waals surface area contributed by atoms with E-state index in [1.54, 1.807) is 0 Å². The van der Waals surface area contributed by atoms with Crippen LogP contribution in [0.25, 0.3) is 0 Å². The number of aliphatic carboxylic acids is 1. The molecule has 3 atom stereocenters. The normalized spacial score (nSPS) is 25.6. The zero-order valence-corrected chi connectivity index (χ0v) is 17.5. The Morgan fingerprint density at radius 1 is 1.33 bits per heavy atom. The fourth-order valence-electron chi connectivity index (χ4n) is 4.57. The lowest BCUT2D eigenvalue weighted by Gasteiger charge is -2.45. The SMILES string of the molecule is CCCCC1([C@H](O)/C=C/C2CCC(=O)[C@@H]2CCCCSCC(=O)O)CCC1. The summed E-state index contributed by atoms with van der Waals surface area (Å²) in [5.74, 6) is 0.949. The fourth-order valence-corrected chi connectivity index (χ4v) is 5.30. The van der Waals surface area contributed by atoms with Gasteiger partial charge in [0, 0.05) is 12.3 Å². The quantitative estimate of drug-likeness (QED) is 0.344. The van der Waals surface area contributed by atoms with Crippen LogP contribution in [0.1, 0.15) is 77.6 Å². The highest BCUT2D eigenvalue weighted by Gasteiger charge is 2.42. The van der Waals surface area contributed by atoms with Gasteiger partial charge in [-0.25, -0.2) is 0 Å². The van der Waals surface area contributed by atoms with Crippen LogP contribution in [-0.2, 0) is 9.59 Å². The first-order chi connectivity index (χ1) is 13.0. The Labute approximate surface area is 168 Å². The lowest BCUT2D eigenvalue weighted by molar-refractivity contribution is -0.133. The molecule has 2 saturated carbocycles. The summed E-state index contributed by atoms with van der Waals surface area (Å²) in [7, 11) is 0. The summed E-state index contributed by atoms with van der Waals surface area (Å²) in [6.45, 7) is 2.20. The van der Waals surface area contributed by atoms with Gasteiger partial charge < -0.3 is 10.2 Å². The third kappa shape index (κ3) is 6.63. The minimum Gasteiger partial charge on any atom is -0.481 e. The van der Waals surface area contributed by atoms with Crippen LogP contribution in [0.3, 0.4) is 0 Å². The number of unbranched alkanes of at least 4 members (excludes halogenated alkanes) is 2. The second-order valence-corrected chi connectivity index (χ2v) is 9.47. The van der Waals surface area contributed by atoms with Crippen molar-refractivity contribution in [2.45, 2.75) is 83.7 Å². The van der Waals surface area contributed by atoms with Crippen LogP contribution < -0.4 is 0 Å². The lowest BCUT2D eigenvalue weighted by Crippen LogP contribution is -2.40. The highest BCUT2D eigenvalue weighted by atomic mass is 32.2. The van der Waals surface area contributed by atoms with E-state index in [1.165, 1.54) is 31.0 Å². The molecule has 0 aromatic heterocycles. The first-order valence-electron chi connectivity index (χ1n) is 10.7. The zero-order valence-electron chi connectivity index (χ0n) is 16.7. The summed E-state index contributed by atoms with van der Waals surface area (Å²) in [5.41, 5.74) is 0.0893. The number of ketones is 1. The average Bonchev–Trinajstić information content (AvgIpc) is 2.95. The van der Waals surface area contributed by atoms with E-state index in [0.29, 0.717) is 12.2 Å². The maximum atomic E-state index is 12.3. The van der Waals surface area contributed by atoms with Crippen molar-refractivity contribution in [2.75, 3.05) is 11.5 Å². The summed E-state index contributed by atoms with van der Waals surface area (Å²) >= 11 is 1.45. The molecule has 2 rings (SSSR count). The van der Waals surface area contributed by atoms with E-state index in [4.69, 9.17) is 5.11 Å². The number of Topliss-reactive ketones (excluding diaryl/α,β-unsaturated/α-hetero) is 1. The van der Waals surface area contributed by atoms with Crippen molar-refractivity contribution in [3.05, 3.63) is 12.2 Å². The zero-order chi connectivity index (χ0) is 19.7. The molecule has 27 heavy (non-hydrogen) atoms. The van der Waals surface area contributed by atoms with Crippen LogP contribution in [0, 0.1) is 17.3 Å². The first-order valence-corrected chi connectivity index (χ1v) is 11.8. The van der Waals surface area contributed by atoms with Crippen LogP contribution in [0.2, 0.25) is 0 Å². The molecule has 0 heterocycles. The van der Waals surface area contributed by atoms with Gasteiger partial charge in [-0.05, 0) is 55.6 Å². The molecule has 5 heteroatoms. The summed E-state index contributed by atoms with van der Waals surface area (Å²) in [6.07, 6.45) is 15.1. The maximum absolute atomic E-state index is 12.3. The number of rotatable bonds is 13. The van der Waals surface area contributed by atoms with Crippen LogP contribution in [0.4, 0.5) is 0 Å². The number of allylic oxidation sites excluding steroid dienone is 1. The maximum Gasteiger partial charge on any atom is 0.313 e. The van der Waals surface area contributed by atoms with E-state index in [-0.39, 0.29) is 29.1 Å². The Morgan fingerprint density at radius 3 is 2.74 bits per heavy atom. The highest BCUT2D eigenvalue weighted by molar-refractivity contribution is 7.99. The largest absolute Gasteiger partial charge is 0.481 e. The highest BCUT2D eigenvalue weighted by Crippen LogP contribution is 2.48. The third-order valence-corrected chi connectivity index (χ3v) is 7.51. The Hall–Kier alpha value is -0.810. The Balaban J connectivity index is 1.78. The van der Waals surface area contributed by atoms with E-state index in [0.717, 1.165) is 50.7 Å². The molecule has 0 bridgehead atoms. The number of hydrogen-bond donors (Lipinski definition) is 2. The van der Waals surface area contributed by atoms with Crippen molar-refractivity contribution < 1.29 is 19.8 Å². The van der Waals surface area contributed by atoms with Crippen molar-refractivity contribution >= 4 is 23.5 Å². The average molecular weight is 397 g/mol. The van der Waals surface area contributed by atoms with Gasteiger partial charge in [-0.15, -0.1) is 0 Å². The van der Waals surface area contributed by atoms with Gasteiger partial charge in [0.2, 0.25) is 0 Å². The van der Waals surface area contributed by atoms with E-state index in [1.807, 2.05) is 6.08 Å². The smallest absolute Gasteiger partial charge is 0.313 e. The van der Waals surface area contributed by atoms with Crippen molar-refractivity contribution in [1.82, 2.24) is 0 Å². The number of carboxylic acids is 1. The second kappa shape index (κ2) is 11.3. The van der Waals surface area contributed by atoms with Crippen LogP contribution in [-0.4, -0.2) is 39.6 Å². The number of hydrogen-bond acceptors (Lipinski definition) is 4. The van der Waals surface area contributed by atoms with Gasteiger partial charge in [-0.1, -0.05) is 44.8 Å². The fraction of sp³-hybridized carbons (Fsp3) is 0.818. The van der Waals surface area contributed by atoms with Crippen molar-refractivity contribution in [1.29, 1.82) is 0 Å². The Bertz CT molecular complexity index is 512. The topological polar surface area (TPSA) is 74.6 Å². The van der Waals surface area contributed by atoms with E-state index in [9.17, 15) is 14.7 Å². The van der Waals surface area contributed by atoms with Crippen molar-refractivity contribution in [3.8, 4) is 0 Å². The molecule has 0 saturated heterocycles. The number of carbonyl (C=O) groups is 2. The molecule has 1 unspecified atom stereocenters. The molecular formula is C22H36O4S. The van der Waals surface area contributed by atoms with Crippen LogP contribution >= 0.6 is 11.8 Å². The Kier molecular flexibility index (Phi) is 9.37. The van der Waals surface area contributed by atoms with Gasteiger partial charge in [0.15, 0.2) is 0 Å². The predicted molar refractivity (Wildman–Crippen MR) is 111 cm³/mol. The molecule has 2 N–H and O–H groups in total. The summed E-state index contributed by atoms with van der Waals surface area (Å²) in [6, 6.07) is 0. The molecule has 0 aromatic rings. The Morgan fingerprint density at radius 2 is 2.11 bits per heavy atom. The third-order valence-electron chi connectivity index (χ3n) is 6.48. The molecule has 2 aliphatic carbocycles. The van der Waals surface area contributed by atoms with Gasteiger partial charge >= 0.3 is 5.97 Å².